The lowest BCUT2D eigenvalue weighted by Gasteiger charge is -2.48. The van der Waals surface area contributed by atoms with Crippen LogP contribution in [0.25, 0.3) is 0 Å². The number of piperidine rings is 1. The molecular weight excluding hydrogens is 255 g/mol. The molecule has 2 aliphatic rings. The Morgan fingerprint density at radius 1 is 1.44 bits per heavy atom. The highest BCUT2D eigenvalue weighted by atomic mass is 32.2. The van der Waals surface area contributed by atoms with Crippen molar-refractivity contribution in [1.82, 2.24) is 4.90 Å². The van der Waals surface area contributed by atoms with Crippen LogP contribution < -0.4 is 0 Å². The van der Waals surface area contributed by atoms with Gasteiger partial charge in [0.25, 0.3) is 0 Å². The summed E-state index contributed by atoms with van der Waals surface area (Å²) < 4.78 is 36.6. The predicted octanol–water partition coefficient (Wildman–Crippen LogP) is 0.993. The van der Waals surface area contributed by atoms with Crippen LogP contribution in [0, 0.1) is 23.2 Å². The molecule has 2 aliphatic heterocycles. The van der Waals surface area contributed by atoms with Gasteiger partial charge in [0.15, 0.2) is 9.84 Å². The van der Waals surface area contributed by atoms with Crippen molar-refractivity contribution in [3.8, 4) is 6.07 Å². The highest BCUT2D eigenvalue weighted by Gasteiger charge is 2.54. The second-order valence-electron chi connectivity index (χ2n) is 5.83. The third-order valence-electron chi connectivity index (χ3n) is 4.18. The van der Waals surface area contributed by atoms with Gasteiger partial charge in [0, 0.05) is 13.1 Å². The summed E-state index contributed by atoms with van der Waals surface area (Å²) in [6.45, 7) is 4.81. The fraction of sp³-hybridized carbons (Fsp3) is 0.917. The molecule has 4 nitrogen and oxygen atoms in total. The van der Waals surface area contributed by atoms with E-state index < -0.39 is 21.5 Å². The van der Waals surface area contributed by atoms with Gasteiger partial charge in [-0.25, -0.2) is 12.8 Å². The standard InChI is InChI=1S/C12H19FN2O2S/c1-9(2)10-3-4-15(5-11(10)13)12(6-14)7-18(16,17)8-12/h9-11H,3-5,7-8H2,1-2H3. The van der Waals surface area contributed by atoms with E-state index in [1.54, 1.807) is 4.90 Å². The van der Waals surface area contributed by atoms with Gasteiger partial charge in [0.2, 0.25) is 0 Å². The molecule has 2 heterocycles. The molecule has 2 rings (SSSR count). The Kier molecular flexibility index (Phi) is 3.41. The Balaban J connectivity index is 2.07. The van der Waals surface area contributed by atoms with Crippen molar-refractivity contribution >= 4 is 9.84 Å². The highest BCUT2D eigenvalue weighted by Crippen LogP contribution is 2.36. The first-order chi connectivity index (χ1) is 8.30. The van der Waals surface area contributed by atoms with Crippen molar-refractivity contribution in [2.75, 3.05) is 24.6 Å². The summed E-state index contributed by atoms with van der Waals surface area (Å²) in [5, 5.41) is 9.20. The van der Waals surface area contributed by atoms with E-state index in [1.807, 2.05) is 13.8 Å². The normalized spacial score (nSPS) is 34.8. The minimum absolute atomic E-state index is 0.0219. The van der Waals surface area contributed by atoms with E-state index in [1.165, 1.54) is 0 Å². The van der Waals surface area contributed by atoms with E-state index in [-0.39, 0.29) is 29.9 Å². The van der Waals surface area contributed by atoms with Gasteiger partial charge in [-0.15, -0.1) is 0 Å². The number of alkyl halides is 1. The molecule has 0 spiro atoms. The maximum Gasteiger partial charge on any atom is 0.156 e. The van der Waals surface area contributed by atoms with E-state index in [0.29, 0.717) is 13.0 Å². The smallest absolute Gasteiger partial charge is 0.156 e. The summed E-state index contributed by atoms with van der Waals surface area (Å²) in [5.41, 5.74) is -0.967. The van der Waals surface area contributed by atoms with Crippen LogP contribution in [0.1, 0.15) is 20.3 Å². The van der Waals surface area contributed by atoms with Gasteiger partial charge in [-0.1, -0.05) is 13.8 Å². The molecule has 0 aromatic carbocycles. The molecule has 0 radical (unpaired) electrons. The van der Waals surface area contributed by atoms with Crippen LogP contribution in [0.3, 0.4) is 0 Å². The number of rotatable bonds is 2. The Bertz CT molecular complexity index is 457. The fourth-order valence-corrected chi connectivity index (χ4v) is 4.93. The molecule has 0 aliphatic carbocycles. The second-order valence-corrected chi connectivity index (χ2v) is 7.90. The molecule has 0 aromatic rings. The van der Waals surface area contributed by atoms with Gasteiger partial charge in [-0.3, -0.25) is 4.90 Å². The minimum atomic E-state index is -3.08. The number of nitriles is 1. The molecule has 102 valence electrons. The molecule has 2 saturated heterocycles. The van der Waals surface area contributed by atoms with E-state index in [2.05, 4.69) is 6.07 Å². The van der Waals surface area contributed by atoms with Crippen LogP contribution >= 0.6 is 0 Å². The van der Waals surface area contributed by atoms with Crippen molar-refractivity contribution < 1.29 is 12.8 Å². The van der Waals surface area contributed by atoms with Crippen molar-refractivity contribution in [2.45, 2.75) is 32.0 Å². The van der Waals surface area contributed by atoms with E-state index in [4.69, 9.17) is 0 Å². The van der Waals surface area contributed by atoms with Gasteiger partial charge in [0.05, 0.1) is 17.6 Å². The lowest BCUT2D eigenvalue weighted by molar-refractivity contribution is 0.0233. The van der Waals surface area contributed by atoms with E-state index >= 15 is 0 Å². The van der Waals surface area contributed by atoms with Crippen molar-refractivity contribution in [3.05, 3.63) is 0 Å². The maximum absolute atomic E-state index is 14.1. The third kappa shape index (κ3) is 2.26. The molecule has 0 aromatic heterocycles. The molecule has 6 heteroatoms. The Labute approximate surface area is 108 Å². The first-order valence-corrected chi connectivity index (χ1v) is 8.12. The summed E-state index contributed by atoms with van der Waals surface area (Å²) in [7, 11) is -3.08. The van der Waals surface area contributed by atoms with Gasteiger partial charge in [0.1, 0.15) is 11.7 Å². The lowest BCUT2D eigenvalue weighted by Crippen LogP contribution is -2.67. The van der Waals surface area contributed by atoms with Gasteiger partial charge < -0.3 is 0 Å². The molecular formula is C12H19FN2O2S. The quantitative estimate of drug-likeness (QED) is 0.753. The van der Waals surface area contributed by atoms with Gasteiger partial charge in [-0.05, 0) is 18.3 Å². The van der Waals surface area contributed by atoms with Crippen molar-refractivity contribution in [3.63, 3.8) is 0 Å². The number of sulfone groups is 1. The molecule has 2 fully saturated rings. The molecule has 0 N–H and O–H groups in total. The molecule has 0 amide bonds. The number of halogens is 1. The van der Waals surface area contributed by atoms with Gasteiger partial charge >= 0.3 is 0 Å². The lowest BCUT2D eigenvalue weighted by atomic mass is 9.83. The topological polar surface area (TPSA) is 61.2 Å². The average molecular weight is 274 g/mol. The first kappa shape index (κ1) is 13.8. The van der Waals surface area contributed by atoms with Crippen molar-refractivity contribution in [1.29, 1.82) is 5.26 Å². The average Bonchev–Trinajstić information content (AvgIpc) is 2.24. The monoisotopic (exact) mass is 274 g/mol. The Morgan fingerprint density at radius 2 is 2.06 bits per heavy atom. The summed E-state index contributed by atoms with van der Waals surface area (Å²) in [6, 6.07) is 2.08. The summed E-state index contributed by atoms with van der Waals surface area (Å²) in [6.07, 6.45) is -0.269. The van der Waals surface area contributed by atoms with E-state index in [9.17, 15) is 18.1 Å². The molecule has 0 bridgehead atoms. The van der Waals surface area contributed by atoms with Crippen LogP contribution in [0.2, 0.25) is 0 Å². The first-order valence-electron chi connectivity index (χ1n) is 6.30. The summed E-state index contributed by atoms with van der Waals surface area (Å²) in [5.74, 6) is 0.0180. The van der Waals surface area contributed by atoms with Crippen LogP contribution in [-0.4, -0.2) is 49.6 Å². The van der Waals surface area contributed by atoms with Crippen molar-refractivity contribution in [2.24, 2.45) is 11.8 Å². The Hall–Kier alpha value is -0.670. The third-order valence-corrected chi connectivity index (χ3v) is 6.01. The summed E-state index contributed by atoms with van der Waals surface area (Å²) >= 11 is 0. The predicted molar refractivity (Wildman–Crippen MR) is 66.4 cm³/mol. The van der Waals surface area contributed by atoms with Crippen LogP contribution in [0.5, 0.6) is 0 Å². The van der Waals surface area contributed by atoms with Crippen LogP contribution in [0.4, 0.5) is 4.39 Å². The number of hydrogen-bond acceptors (Lipinski definition) is 4. The van der Waals surface area contributed by atoms with E-state index in [0.717, 1.165) is 0 Å². The molecule has 2 unspecified atom stereocenters. The fourth-order valence-electron chi connectivity index (χ4n) is 3.07. The maximum atomic E-state index is 14.1. The molecule has 0 saturated carbocycles. The van der Waals surface area contributed by atoms with Crippen LogP contribution in [-0.2, 0) is 9.84 Å². The Morgan fingerprint density at radius 3 is 2.44 bits per heavy atom. The second kappa shape index (κ2) is 4.46. The van der Waals surface area contributed by atoms with Gasteiger partial charge in [-0.2, -0.15) is 5.26 Å². The number of hydrogen-bond donors (Lipinski definition) is 0. The largest absolute Gasteiger partial charge is 0.281 e. The zero-order valence-corrected chi connectivity index (χ0v) is 11.6. The molecule has 18 heavy (non-hydrogen) atoms. The number of likely N-dealkylation sites (tertiary alicyclic amines) is 1. The molecule has 2 atom stereocenters. The number of nitrogens with zero attached hydrogens (tertiary/aromatic N) is 2. The zero-order valence-electron chi connectivity index (χ0n) is 10.8. The highest BCUT2D eigenvalue weighted by molar-refractivity contribution is 7.93. The van der Waals surface area contributed by atoms with Crippen LogP contribution in [0.15, 0.2) is 0 Å². The minimum Gasteiger partial charge on any atom is -0.281 e. The zero-order chi connectivity index (χ0) is 13.6. The summed E-state index contributed by atoms with van der Waals surface area (Å²) in [4.78, 5) is 1.73. The SMILES string of the molecule is CC(C)C1CCN(C2(C#N)CS(=O)(=O)C2)CC1F.